The van der Waals surface area contributed by atoms with Gasteiger partial charge >= 0.3 is 5.97 Å². The van der Waals surface area contributed by atoms with E-state index >= 15 is 0 Å². The third kappa shape index (κ3) is 5.07. The molecule has 0 saturated heterocycles. The van der Waals surface area contributed by atoms with Gasteiger partial charge in [-0.05, 0) is 31.0 Å². The van der Waals surface area contributed by atoms with Crippen LogP contribution in [-0.2, 0) is 14.3 Å². The van der Waals surface area contributed by atoms with Crippen LogP contribution in [0, 0.1) is 5.92 Å². The van der Waals surface area contributed by atoms with E-state index in [0.717, 1.165) is 12.8 Å². The monoisotopic (exact) mass is 320 g/mol. The number of amides is 2. The molecule has 7 nitrogen and oxygen atoms in total. The number of hydrogen-bond donors (Lipinski definition) is 2. The highest BCUT2D eigenvalue weighted by atomic mass is 16.5. The number of nitrogens with one attached hydrogen (secondary N) is 1. The minimum absolute atomic E-state index is 0.0450. The summed E-state index contributed by atoms with van der Waals surface area (Å²) < 4.78 is 4.91. The van der Waals surface area contributed by atoms with Crippen molar-refractivity contribution >= 4 is 23.5 Å². The second-order valence-corrected chi connectivity index (χ2v) is 5.46. The zero-order chi connectivity index (χ0) is 16.8. The molecule has 2 amide bonds. The smallest absolute Gasteiger partial charge is 0.323 e. The van der Waals surface area contributed by atoms with Crippen LogP contribution in [0.5, 0.6) is 0 Å². The van der Waals surface area contributed by atoms with Crippen LogP contribution >= 0.6 is 0 Å². The Morgan fingerprint density at radius 3 is 2.70 bits per heavy atom. The fraction of sp³-hybridized carbons (Fsp3) is 0.438. The van der Waals surface area contributed by atoms with Crippen molar-refractivity contribution in [1.82, 2.24) is 4.90 Å². The summed E-state index contributed by atoms with van der Waals surface area (Å²) in [5, 5.41) is 11.7. The number of nitrogens with zero attached hydrogens (tertiary/aromatic N) is 1. The van der Waals surface area contributed by atoms with Crippen LogP contribution in [-0.4, -0.2) is 54.6 Å². The maximum absolute atomic E-state index is 12.5. The molecule has 2 rings (SSSR count). The Kier molecular flexibility index (Phi) is 5.70. The predicted octanol–water partition coefficient (Wildman–Crippen LogP) is 1.21. The van der Waals surface area contributed by atoms with Crippen molar-refractivity contribution in [3.8, 4) is 0 Å². The standard InChI is InChI=1S/C16H20N2O5/c1-23-8-7-18(10-14(19)20)16(22)12-3-2-4-13(9-12)17-15(21)11-5-6-11/h2-4,9,11H,5-8,10H2,1H3,(H,17,21)(H,19,20). The number of methoxy groups -OCH3 is 1. The van der Waals surface area contributed by atoms with Gasteiger partial charge in [-0.25, -0.2) is 0 Å². The third-order valence-electron chi connectivity index (χ3n) is 3.50. The molecule has 1 aliphatic carbocycles. The third-order valence-corrected chi connectivity index (χ3v) is 3.50. The molecule has 124 valence electrons. The average molecular weight is 320 g/mol. The highest BCUT2D eigenvalue weighted by molar-refractivity contribution is 5.99. The number of benzene rings is 1. The highest BCUT2D eigenvalue weighted by Gasteiger charge is 2.29. The number of hydrogen-bond acceptors (Lipinski definition) is 4. The fourth-order valence-electron chi connectivity index (χ4n) is 2.12. The van der Waals surface area contributed by atoms with E-state index in [9.17, 15) is 14.4 Å². The van der Waals surface area contributed by atoms with Crippen LogP contribution in [0.25, 0.3) is 0 Å². The van der Waals surface area contributed by atoms with E-state index in [-0.39, 0.29) is 25.0 Å². The summed E-state index contributed by atoms with van der Waals surface area (Å²) in [6.45, 7) is 0.0261. The lowest BCUT2D eigenvalue weighted by Crippen LogP contribution is -2.38. The lowest BCUT2D eigenvalue weighted by molar-refractivity contribution is -0.137. The van der Waals surface area contributed by atoms with Gasteiger partial charge in [0.15, 0.2) is 0 Å². The highest BCUT2D eigenvalue weighted by Crippen LogP contribution is 2.30. The molecule has 1 fully saturated rings. The van der Waals surface area contributed by atoms with E-state index < -0.39 is 18.4 Å². The number of aliphatic carboxylic acids is 1. The first kappa shape index (κ1) is 17.0. The lowest BCUT2D eigenvalue weighted by atomic mass is 10.1. The molecule has 0 radical (unpaired) electrons. The van der Waals surface area contributed by atoms with Gasteiger partial charge in [0.05, 0.1) is 6.61 Å². The summed E-state index contributed by atoms with van der Waals surface area (Å²) >= 11 is 0. The van der Waals surface area contributed by atoms with E-state index in [4.69, 9.17) is 9.84 Å². The molecule has 0 atom stereocenters. The molecule has 0 bridgehead atoms. The van der Waals surface area contributed by atoms with Gasteiger partial charge in [0, 0.05) is 30.8 Å². The van der Waals surface area contributed by atoms with Crippen LogP contribution in [0.3, 0.4) is 0 Å². The second-order valence-electron chi connectivity index (χ2n) is 5.46. The Morgan fingerprint density at radius 2 is 2.09 bits per heavy atom. The molecule has 0 heterocycles. The van der Waals surface area contributed by atoms with Gasteiger partial charge < -0.3 is 20.1 Å². The Bertz CT molecular complexity index is 598. The molecular weight excluding hydrogens is 300 g/mol. The van der Waals surface area contributed by atoms with Crippen molar-refractivity contribution in [2.45, 2.75) is 12.8 Å². The molecule has 1 aromatic rings. The summed E-state index contributed by atoms with van der Waals surface area (Å²) in [4.78, 5) is 36.4. The number of carboxylic acid groups (broad SMARTS) is 1. The van der Waals surface area contributed by atoms with E-state index in [1.165, 1.54) is 12.0 Å². The number of rotatable bonds is 8. The largest absolute Gasteiger partial charge is 0.480 e. The van der Waals surface area contributed by atoms with Crippen molar-refractivity contribution in [2.75, 3.05) is 32.1 Å². The predicted molar refractivity (Wildman–Crippen MR) is 83.2 cm³/mol. The summed E-state index contributed by atoms with van der Waals surface area (Å²) in [6.07, 6.45) is 1.79. The number of carbonyl (C=O) groups is 3. The summed E-state index contributed by atoms with van der Waals surface area (Å²) in [7, 11) is 1.48. The number of carboxylic acids is 1. The zero-order valence-electron chi connectivity index (χ0n) is 12.9. The molecule has 1 aliphatic rings. The van der Waals surface area contributed by atoms with E-state index in [2.05, 4.69) is 5.32 Å². The van der Waals surface area contributed by atoms with Crippen LogP contribution in [0.4, 0.5) is 5.69 Å². The average Bonchev–Trinajstić information content (AvgIpc) is 3.35. The quantitative estimate of drug-likeness (QED) is 0.750. The maximum Gasteiger partial charge on any atom is 0.323 e. The Balaban J connectivity index is 2.08. The Morgan fingerprint density at radius 1 is 1.35 bits per heavy atom. The molecule has 0 aliphatic heterocycles. The van der Waals surface area contributed by atoms with Gasteiger partial charge in [-0.15, -0.1) is 0 Å². The molecule has 2 N–H and O–H groups in total. The number of ether oxygens (including phenoxy) is 1. The second kappa shape index (κ2) is 7.73. The van der Waals surface area contributed by atoms with E-state index in [0.29, 0.717) is 11.3 Å². The molecular formula is C16H20N2O5. The molecule has 7 heteroatoms. The van der Waals surface area contributed by atoms with Crippen molar-refractivity contribution in [3.05, 3.63) is 29.8 Å². The summed E-state index contributed by atoms with van der Waals surface area (Å²) in [5.74, 6) is -1.48. The SMILES string of the molecule is COCCN(CC(=O)O)C(=O)c1cccc(NC(=O)C2CC2)c1. The zero-order valence-corrected chi connectivity index (χ0v) is 12.9. The minimum atomic E-state index is -1.09. The van der Waals surface area contributed by atoms with Crippen LogP contribution in [0.15, 0.2) is 24.3 Å². The minimum Gasteiger partial charge on any atom is -0.480 e. The maximum atomic E-state index is 12.5. The van der Waals surface area contributed by atoms with Gasteiger partial charge in [-0.2, -0.15) is 0 Å². The van der Waals surface area contributed by atoms with E-state index in [1.807, 2.05) is 0 Å². The molecule has 23 heavy (non-hydrogen) atoms. The first-order chi connectivity index (χ1) is 11.0. The van der Waals surface area contributed by atoms with Gasteiger partial charge in [-0.1, -0.05) is 6.07 Å². The first-order valence-corrected chi connectivity index (χ1v) is 7.42. The van der Waals surface area contributed by atoms with Crippen LogP contribution in [0.1, 0.15) is 23.2 Å². The normalized spacial score (nSPS) is 13.4. The molecule has 0 spiro atoms. The molecule has 1 aromatic carbocycles. The molecule has 1 saturated carbocycles. The van der Waals surface area contributed by atoms with Crippen molar-refractivity contribution in [2.24, 2.45) is 5.92 Å². The van der Waals surface area contributed by atoms with Crippen LogP contribution < -0.4 is 5.32 Å². The van der Waals surface area contributed by atoms with Crippen molar-refractivity contribution in [3.63, 3.8) is 0 Å². The number of anilines is 1. The summed E-state index contributed by atoms with van der Waals surface area (Å²) in [6, 6.07) is 6.51. The van der Waals surface area contributed by atoms with Crippen LogP contribution in [0.2, 0.25) is 0 Å². The lowest BCUT2D eigenvalue weighted by Gasteiger charge is -2.20. The van der Waals surface area contributed by atoms with Gasteiger partial charge in [0.2, 0.25) is 5.91 Å². The first-order valence-electron chi connectivity index (χ1n) is 7.42. The summed E-state index contributed by atoms with van der Waals surface area (Å²) in [5.41, 5.74) is 0.866. The Hall–Kier alpha value is -2.41. The van der Waals surface area contributed by atoms with Crippen molar-refractivity contribution in [1.29, 1.82) is 0 Å². The Labute approximate surface area is 134 Å². The molecule has 0 aromatic heterocycles. The fourth-order valence-corrected chi connectivity index (χ4v) is 2.12. The van der Waals surface area contributed by atoms with Gasteiger partial charge in [0.25, 0.3) is 5.91 Å². The topological polar surface area (TPSA) is 95.9 Å². The van der Waals surface area contributed by atoms with Gasteiger partial charge in [0.1, 0.15) is 6.54 Å². The molecule has 0 unspecified atom stereocenters. The number of carbonyl (C=O) groups excluding carboxylic acids is 2. The van der Waals surface area contributed by atoms with E-state index in [1.54, 1.807) is 24.3 Å². The van der Waals surface area contributed by atoms with Crippen molar-refractivity contribution < 1.29 is 24.2 Å². The van der Waals surface area contributed by atoms with Gasteiger partial charge in [-0.3, -0.25) is 14.4 Å².